The van der Waals surface area contributed by atoms with Crippen LogP contribution in [0.2, 0.25) is 10.0 Å². The monoisotopic (exact) mass is 465 g/mol. The third-order valence-corrected chi connectivity index (χ3v) is 5.53. The third-order valence-electron chi connectivity index (χ3n) is 4.85. The summed E-state index contributed by atoms with van der Waals surface area (Å²) in [6.45, 7) is 2.80. The molecule has 0 aliphatic carbocycles. The molecule has 1 amide bonds. The van der Waals surface area contributed by atoms with E-state index in [1.165, 1.54) is 0 Å². The summed E-state index contributed by atoms with van der Waals surface area (Å²) in [6.07, 6.45) is 3.38. The summed E-state index contributed by atoms with van der Waals surface area (Å²) < 4.78 is 7.57. The summed E-state index contributed by atoms with van der Waals surface area (Å²) in [6, 6.07) is 20.5. The van der Waals surface area contributed by atoms with Gasteiger partial charge in [0.05, 0.1) is 23.5 Å². The number of carbonyl (C=O) groups excluding carboxylic acids is 1. The summed E-state index contributed by atoms with van der Waals surface area (Å²) in [4.78, 5) is 12.7. The number of hydrogen-bond donors (Lipinski definition) is 1. The van der Waals surface area contributed by atoms with E-state index in [1.54, 1.807) is 29.2 Å². The maximum atomic E-state index is 12.7. The molecule has 4 aromatic rings. The van der Waals surface area contributed by atoms with Gasteiger partial charge in [-0.1, -0.05) is 59.6 Å². The van der Waals surface area contributed by atoms with Crippen molar-refractivity contribution < 1.29 is 9.53 Å². The first kappa shape index (κ1) is 21.9. The Hall–Kier alpha value is -3.28. The minimum atomic E-state index is -0.224. The Balaban J connectivity index is 1.39. The van der Waals surface area contributed by atoms with E-state index >= 15 is 0 Å². The molecule has 32 heavy (non-hydrogen) atoms. The molecule has 0 atom stereocenters. The fraction of sp³-hybridized carbons (Fsp3) is 0.120. The van der Waals surface area contributed by atoms with Gasteiger partial charge in [-0.05, 0) is 53.9 Å². The van der Waals surface area contributed by atoms with E-state index in [1.807, 2.05) is 61.5 Å². The number of amides is 1. The van der Waals surface area contributed by atoms with Crippen molar-refractivity contribution >= 4 is 34.8 Å². The smallest absolute Gasteiger partial charge is 0.255 e. The van der Waals surface area contributed by atoms with Crippen LogP contribution in [0.3, 0.4) is 0 Å². The molecule has 0 spiro atoms. The molecule has 4 rings (SSSR count). The molecule has 162 valence electrons. The van der Waals surface area contributed by atoms with Crippen LogP contribution in [-0.4, -0.2) is 15.7 Å². The number of aromatic nitrogens is 2. The van der Waals surface area contributed by atoms with Gasteiger partial charge in [0.25, 0.3) is 5.91 Å². The Morgan fingerprint density at radius 3 is 2.72 bits per heavy atom. The molecule has 7 heteroatoms. The van der Waals surface area contributed by atoms with E-state index in [-0.39, 0.29) is 5.91 Å². The lowest BCUT2D eigenvalue weighted by Gasteiger charge is -2.10. The minimum absolute atomic E-state index is 0.224. The van der Waals surface area contributed by atoms with Gasteiger partial charge in [-0.3, -0.25) is 9.48 Å². The van der Waals surface area contributed by atoms with E-state index in [0.717, 1.165) is 16.7 Å². The molecule has 0 unspecified atom stereocenters. The molecule has 3 aromatic carbocycles. The maximum Gasteiger partial charge on any atom is 0.255 e. The van der Waals surface area contributed by atoms with Crippen LogP contribution in [0.1, 0.15) is 27.0 Å². The second kappa shape index (κ2) is 9.90. The highest BCUT2D eigenvalue weighted by atomic mass is 35.5. The standard InChI is InChI=1S/C25H21Cl2N3O2/c1-17-9-10-23(27)24(11-17)32-16-18-5-4-7-19(12-18)25(31)29-21-13-28-30(15-21)14-20-6-2-3-8-22(20)26/h2-13,15H,14,16H2,1H3,(H,29,31). The molecule has 1 heterocycles. The van der Waals surface area contributed by atoms with Crippen LogP contribution in [-0.2, 0) is 13.2 Å². The number of nitrogens with zero attached hydrogens (tertiary/aromatic N) is 2. The van der Waals surface area contributed by atoms with Crippen LogP contribution in [0.15, 0.2) is 79.1 Å². The maximum absolute atomic E-state index is 12.7. The van der Waals surface area contributed by atoms with E-state index in [0.29, 0.717) is 40.2 Å². The fourth-order valence-electron chi connectivity index (χ4n) is 3.20. The fourth-order valence-corrected chi connectivity index (χ4v) is 3.57. The number of nitrogens with one attached hydrogen (secondary N) is 1. The molecule has 1 N–H and O–H groups in total. The summed E-state index contributed by atoms with van der Waals surface area (Å²) in [5.74, 6) is 0.394. The lowest BCUT2D eigenvalue weighted by molar-refractivity contribution is 0.102. The van der Waals surface area contributed by atoms with Gasteiger partial charge in [-0.25, -0.2) is 0 Å². The van der Waals surface area contributed by atoms with Crippen molar-refractivity contribution in [2.45, 2.75) is 20.1 Å². The SMILES string of the molecule is Cc1ccc(Cl)c(OCc2cccc(C(=O)Nc3cnn(Cc4ccccc4Cl)c3)c2)c1. The number of carbonyl (C=O) groups is 1. The lowest BCUT2D eigenvalue weighted by Crippen LogP contribution is -2.12. The minimum Gasteiger partial charge on any atom is -0.487 e. The first-order valence-corrected chi connectivity index (χ1v) is 10.8. The van der Waals surface area contributed by atoms with Crippen LogP contribution >= 0.6 is 23.2 Å². The molecular weight excluding hydrogens is 445 g/mol. The topological polar surface area (TPSA) is 56.1 Å². The Kier molecular flexibility index (Phi) is 6.78. The van der Waals surface area contributed by atoms with Gasteiger partial charge in [0.15, 0.2) is 0 Å². The Bertz CT molecular complexity index is 1250. The van der Waals surface area contributed by atoms with Crippen LogP contribution < -0.4 is 10.1 Å². The molecule has 0 saturated heterocycles. The van der Waals surface area contributed by atoms with Crippen molar-refractivity contribution in [3.8, 4) is 5.75 Å². The predicted molar refractivity (Wildman–Crippen MR) is 128 cm³/mol. The predicted octanol–water partition coefficient (Wildman–Crippen LogP) is 6.38. The average Bonchev–Trinajstić information content (AvgIpc) is 3.23. The number of benzene rings is 3. The summed E-state index contributed by atoms with van der Waals surface area (Å²) in [7, 11) is 0. The Morgan fingerprint density at radius 1 is 1.03 bits per heavy atom. The lowest BCUT2D eigenvalue weighted by atomic mass is 10.1. The molecule has 0 aliphatic rings. The number of halogens is 2. The van der Waals surface area contributed by atoms with Crippen molar-refractivity contribution in [2.24, 2.45) is 0 Å². The third kappa shape index (κ3) is 5.49. The Labute approximate surface area is 196 Å². The van der Waals surface area contributed by atoms with Gasteiger partial charge in [0, 0.05) is 16.8 Å². The highest BCUT2D eigenvalue weighted by Gasteiger charge is 2.10. The van der Waals surface area contributed by atoms with Crippen molar-refractivity contribution in [1.82, 2.24) is 9.78 Å². The first-order chi connectivity index (χ1) is 15.5. The van der Waals surface area contributed by atoms with Crippen molar-refractivity contribution in [3.63, 3.8) is 0 Å². The van der Waals surface area contributed by atoms with Crippen LogP contribution in [0.4, 0.5) is 5.69 Å². The van der Waals surface area contributed by atoms with Gasteiger partial charge in [-0.15, -0.1) is 0 Å². The van der Waals surface area contributed by atoms with E-state index in [4.69, 9.17) is 27.9 Å². The van der Waals surface area contributed by atoms with Gasteiger partial charge >= 0.3 is 0 Å². The molecule has 1 aromatic heterocycles. The zero-order chi connectivity index (χ0) is 22.5. The average molecular weight is 466 g/mol. The second-order valence-electron chi connectivity index (χ2n) is 7.40. The zero-order valence-electron chi connectivity index (χ0n) is 17.4. The Morgan fingerprint density at radius 2 is 1.88 bits per heavy atom. The molecule has 0 radical (unpaired) electrons. The van der Waals surface area contributed by atoms with Gasteiger partial charge in [-0.2, -0.15) is 5.10 Å². The number of anilines is 1. The summed E-state index contributed by atoms with van der Waals surface area (Å²) >= 11 is 12.4. The number of ether oxygens (including phenoxy) is 1. The largest absolute Gasteiger partial charge is 0.487 e. The molecule has 0 bridgehead atoms. The van der Waals surface area contributed by atoms with Gasteiger partial charge in [0.2, 0.25) is 0 Å². The van der Waals surface area contributed by atoms with Crippen molar-refractivity contribution in [1.29, 1.82) is 0 Å². The normalized spacial score (nSPS) is 10.7. The van der Waals surface area contributed by atoms with E-state index < -0.39 is 0 Å². The molecule has 5 nitrogen and oxygen atoms in total. The molecule has 0 fully saturated rings. The van der Waals surface area contributed by atoms with E-state index in [2.05, 4.69) is 10.4 Å². The highest BCUT2D eigenvalue weighted by Crippen LogP contribution is 2.26. The summed E-state index contributed by atoms with van der Waals surface area (Å²) in [5.41, 5.74) is 4.02. The van der Waals surface area contributed by atoms with Crippen LogP contribution in [0.5, 0.6) is 5.75 Å². The number of aryl methyl sites for hydroxylation is 1. The summed E-state index contributed by atoms with van der Waals surface area (Å²) in [5, 5.41) is 8.42. The second-order valence-corrected chi connectivity index (χ2v) is 8.21. The first-order valence-electron chi connectivity index (χ1n) is 10.0. The van der Waals surface area contributed by atoms with Crippen molar-refractivity contribution in [3.05, 3.63) is 111 Å². The number of rotatable bonds is 7. The van der Waals surface area contributed by atoms with E-state index in [9.17, 15) is 4.79 Å². The van der Waals surface area contributed by atoms with Crippen LogP contribution in [0, 0.1) is 6.92 Å². The molecule has 0 saturated carbocycles. The highest BCUT2D eigenvalue weighted by molar-refractivity contribution is 6.32. The van der Waals surface area contributed by atoms with Crippen LogP contribution in [0.25, 0.3) is 0 Å². The van der Waals surface area contributed by atoms with Gasteiger partial charge < -0.3 is 10.1 Å². The quantitative estimate of drug-likeness (QED) is 0.344. The number of hydrogen-bond acceptors (Lipinski definition) is 3. The molecule has 0 aliphatic heterocycles. The van der Waals surface area contributed by atoms with Crippen molar-refractivity contribution in [2.75, 3.05) is 5.32 Å². The van der Waals surface area contributed by atoms with Gasteiger partial charge in [0.1, 0.15) is 12.4 Å². The molecular formula is C25H21Cl2N3O2. The zero-order valence-corrected chi connectivity index (χ0v) is 18.9.